The molecular weight excluding hydrogens is 308 g/mol. The molecule has 0 aliphatic carbocycles. The van der Waals surface area contributed by atoms with Crippen LogP contribution < -0.4 is 5.32 Å². The lowest BCUT2D eigenvalue weighted by atomic mass is 10.2. The van der Waals surface area contributed by atoms with Gasteiger partial charge in [-0.15, -0.1) is 11.3 Å². The van der Waals surface area contributed by atoms with E-state index in [1.165, 1.54) is 4.88 Å². The fourth-order valence-corrected chi connectivity index (χ4v) is 2.51. The molecule has 0 fully saturated rings. The number of nitrogens with zero attached hydrogens (tertiary/aromatic N) is 1. The van der Waals surface area contributed by atoms with Crippen molar-refractivity contribution in [3.8, 4) is 0 Å². The van der Waals surface area contributed by atoms with E-state index < -0.39 is 0 Å². The lowest BCUT2D eigenvalue weighted by Crippen LogP contribution is -2.05. The molecule has 1 aromatic carbocycles. The minimum atomic E-state index is 0.224. The van der Waals surface area contributed by atoms with Crippen LogP contribution >= 0.6 is 38.9 Å². The Balaban J connectivity index is 2.17. The lowest BCUT2D eigenvalue weighted by molar-refractivity contribution is 0.902. The van der Waals surface area contributed by atoms with Gasteiger partial charge >= 0.3 is 0 Å². The second-order valence-electron chi connectivity index (χ2n) is 3.39. The van der Waals surface area contributed by atoms with Crippen molar-refractivity contribution in [3.63, 3.8) is 0 Å². The van der Waals surface area contributed by atoms with E-state index in [1.54, 1.807) is 11.3 Å². The first-order chi connectivity index (χ1) is 7.66. The summed E-state index contributed by atoms with van der Waals surface area (Å²) < 4.78 is 1.01. The maximum Gasteiger partial charge on any atom is 0.0795 e. The number of aromatic nitrogens is 1. The largest absolute Gasteiger partial charge is 0.377 e. The van der Waals surface area contributed by atoms with Crippen molar-refractivity contribution in [3.05, 3.63) is 44.3 Å². The summed E-state index contributed by atoms with van der Waals surface area (Å²) >= 11 is 11.1. The highest BCUT2D eigenvalue weighted by Crippen LogP contribution is 2.30. The molecule has 2 nitrogen and oxygen atoms in total. The number of nitrogens with one attached hydrogen (secondary N) is 1. The first kappa shape index (κ1) is 11.9. The Bertz CT molecular complexity index is 473. The molecule has 16 heavy (non-hydrogen) atoms. The molecule has 2 aromatic rings. The Kier molecular flexibility index (Phi) is 3.84. The Labute approximate surface area is 112 Å². The summed E-state index contributed by atoms with van der Waals surface area (Å²) in [7, 11) is 0. The Morgan fingerprint density at radius 2 is 2.31 bits per heavy atom. The predicted octanol–water partition coefficient (Wildman–Crippen LogP) is 4.73. The van der Waals surface area contributed by atoms with Gasteiger partial charge in [0, 0.05) is 20.6 Å². The third-order valence-electron chi connectivity index (χ3n) is 2.18. The molecule has 0 aliphatic heterocycles. The number of halogens is 2. The average molecular weight is 318 g/mol. The fraction of sp³-hybridized carbons (Fsp3) is 0.182. The summed E-state index contributed by atoms with van der Waals surface area (Å²) in [5.41, 5.74) is 2.83. The van der Waals surface area contributed by atoms with E-state index >= 15 is 0 Å². The van der Waals surface area contributed by atoms with Gasteiger partial charge in [-0.2, -0.15) is 0 Å². The van der Waals surface area contributed by atoms with E-state index in [2.05, 4.69) is 33.2 Å². The first-order valence-corrected chi connectivity index (χ1v) is 6.82. The molecule has 0 saturated carbocycles. The summed E-state index contributed by atoms with van der Waals surface area (Å²) in [6, 6.07) is 5.92. The van der Waals surface area contributed by atoms with E-state index in [0.29, 0.717) is 0 Å². The van der Waals surface area contributed by atoms with E-state index in [9.17, 15) is 0 Å². The van der Waals surface area contributed by atoms with Crippen LogP contribution in [0.15, 0.2) is 34.4 Å². The van der Waals surface area contributed by atoms with Gasteiger partial charge in [-0.3, -0.25) is 4.98 Å². The van der Waals surface area contributed by atoms with Crippen LogP contribution in [-0.4, -0.2) is 4.98 Å². The maximum atomic E-state index is 5.95. The second kappa shape index (κ2) is 5.17. The molecule has 5 heteroatoms. The molecule has 1 heterocycles. The highest BCUT2D eigenvalue weighted by Gasteiger charge is 2.09. The van der Waals surface area contributed by atoms with Crippen molar-refractivity contribution in [2.75, 3.05) is 5.32 Å². The summed E-state index contributed by atoms with van der Waals surface area (Å²) in [5, 5.41) is 4.12. The van der Waals surface area contributed by atoms with Crippen LogP contribution in [0, 0.1) is 0 Å². The molecule has 1 N–H and O–H groups in total. The average Bonchev–Trinajstić information content (AvgIpc) is 2.76. The SMILES string of the molecule is CC(Nc1cc(Cl)ccc1Br)c1cncs1. The third kappa shape index (κ3) is 2.75. The van der Waals surface area contributed by atoms with Gasteiger partial charge in [0.15, 0.2) is 0 Å². The molecule has 0 spiro atoms. The number of rotatable bonds is 3. The topological polar surface area (TPSA) is 24.9 Å². The number of hydrogen-bond donors (Lipinski definition) is 1. The predicted molar refractivity (Wildman–Crippen MR) is 73.3 cm³/mol. The number of anilines is 1. The Morgan fingerprint density at radius 3 is 3.00 bits per heavy atom. The van der Waals surface area contributed by atoms with Gasteiger partial charge in [-0.25, -0.2) is 0 Å². The van der Waals surface area contributed by atoms with E-state index in [0.717, 1.165) is 15.2 Å². The van der Waals surface area contributed by atoms with Crippen LogP contribution in [0.4, 0.5) is 5.69 Å². The van der Waals surface area contributed by atoms with Gasteiger partial charge in [-0.05, 0) is 41.1 Å². The number of hydrogen-bond acceptors (Lipinski definition) is 3. The highest BCUT2D eigenvalue weighted by molar-refractivity contribution is 9.10. The molecule has 1 atom stereocenters. The lowest BCUT2D eigenvalue weighted by Gasteiger charge is -2.14. The molecule has 0 bridgehead atoms. The zero-order valence-corrected chi connectivity index (χ0v) is 11.7. The molecule has 2 rings (SSSR count). The van der Waals surface area contributed by atoms with Gasteiger partial charge in [-0.1, -0.05) is 11.6 Å². The maximum absolute atomic E-state index is 5.95. The van der Waals surface area contributed by atoms with Crippen LogP contribution in [0.5, 0.6) is 0 Å². The standard InChI is InChI=1S/C11H10BrClN2S/c1-7(11-5-14-6-16-11)15-10-4-8(13)2-3-9(10)12/h2-7,15H,1H3. The van der Waals surface area contributed by atoms with Crippen molar-refractivity contribution >= 4 is 44.6 Å². The minimum absolute atomic E-state index is 0.224. The van der Waals surface area contributed by atoms with E-state index in [-0.39, 0.29) is 6.04 Å². The quantitative estimate of drug-likeness (QED) is 0.885. The molecular formula is C11H10BrClN2S. The van der Waals surface area contributed by atoms with Crippen molar-refractivity contribution in [1.29, 1.82) is 0 Å². The van der Waals surface area contributed by atoms with Crippen LogP contribution in [0.3, 0.4) is 0 Å². The molecule has 0 aliphatic rings. The molecule has 84 valence electrons. The van der Waals surface area contributed by atoms with Gasteiger partial charge in [0.05, 0.1) is 17.2 Å². The van der Waals surface area contributed by atoms with Crippen molar-refractivity contribution in [2.45, 2.75) is 13.0 Å². The monoisotopic (exact) mass is 316 g/mol. The third-order valence-corrected chi connectivity index (χ3v) is 4.06. The normalized spacial score (nSPS) is 12.4. The van der Waals surface area contributed by atoms with E-state index in [1.807, 2.05) is 29.9 Å². The number of thiazole rings is 1. The van der Waals surface area contributed by atoms with Crippen LogP contribution in [0.25, 0.3) is 0 Å². The van der Waals surface area contributed by atoms with Gasteiger partial charge in [0.25, 0.3) is 0 Å². The summed E-state index contributed by atoms with van der Waals surface area (Å²) in [6.07, 6.45) is 1.88. The summed E-state index contributed by atoms with van der Waals surface area (Å²) in [4.78, 5) is 5.27. The smallest absolute Gasteiger partial charge is 0.0795 e. The van der Waals surface area contributed by atoms with Crippen molar-refractivity contribution < 1.29 is 0 Å². The Hall–Kier alpha value is -0.580. The van der Waals surface area contributed by atoms with Crippen molar-refractivity contribution in [2.24, 2.45) is 0 Å². The zero-order chi connectivity index (χ0) is 11.5. The summed E-state index contributed by atoms with van der Waals surface area (Å²) in [6.45, 7) is 2.10. The highest BCUT2D eigenvalue weighted by atomic mass is 79.9. The van der Waals surface area contributed by atoms with Gasteiger partial charge < -0.3 is 5.32 Å². The minimum Gasteiger partial charge on any atom is -0.377 e. The first-order valence-electron chi connectivity index (χ1n) is 4.77. The van der Waals surface area contributed by atoms with E-state index in [4.69, 9.17) is 11.6 Å². The van der Waals surface area contributed by atoms with Gasteiger partial charge in [0.2, 0.25) is 0 Å². The molecule has 1 aromatic heterocycles. The van der Waals surface area contributed by atoms with Gasteiger partial charge in [0.1, 0.15) is 0 Å². The second-order valence-corrected chi connectivity index (χ2v) is 5.60. The van der Waals surface area contributed by atoms with Crippen LogP contribution in [0.1, 0.15) is 17.8 Å². The number of benzene rings is 1. The fourth-order valence-electron chi connectivity index (χ4n) is 1.35. The zero-order valence-electron chi connectivity index (χ0n) is 8.58. The molecule has 0 saturated heterocycles. The van der Waals surface area contributed by atoms with Crippen LogP contribution in [-0.2, 0) is 0 Å². The molecule has 1 unspecified atom stereocenters. The Morgan fingerprint density at radius 1 is 1.50 bits per heavy atom. The van der Waals surface area contributed by atoms with Crippen LogP contribution in [0.2, 0.25) is 5.02 Å². The molecule has 0 amide bonds. The molecule has 0 radical (unpaired) electrons. The van der Waals surface area contributed by atoms with Crippen molar-refractivity contribution in [1.82, 2.24) is 4.98 Å². The summed E-state index contributed by atoms with van der Waals surface area (Å²) in [5.74, 6) is 0.